The molecule has 1 amide bonds. The SMILES string of the molecule is NNC(=O)c1ccc(Cn2cnc(-c3cccnc3)c(C3CC3)c2=O)nc1. The Bertz CT molecular complexity index is 1030. The Labute approximate surface area is 155 Å². The van der Waals surface area contributed by atoms with E-state index in [2.05, 4.69) is 20.4 Å². The number of carbonyl (C=O) groups is 1. The fourth-order valence-electron chi connectivity index (χ4n) is 3.00. The van der Waals surface area contributed by atoms with Crippen molar-refractivity contribution in [1.82, 2.24) is 24.9 Å². The van der Waals surface area contributed by atoms with Gasteiger partial charge in [0.05, 0.1) is 29.8 Å². The molecule has 3 aromatic heterocycles. The second kappa shape index (κ2) is 7.08. The third-order valence-corrected chi connectivity index (χ3v) is 4.54. The number of nitrogens with two attached hydrogens (primary N) is 1. The van der Waals surface area contributed by atoms with Crippen LogP contribution in [0.15, 0.2) is 54.0 Å². The first kappa shape index (κ1) is 17.0. The highest BCUT2D eigenvalue weighted by Crippen LogP contribution is 2.41. The molecule has 1 fully saturated rings. The van der Waals surface area contributed by atoms with E-state index in [-0.39, 0.29) is 18.0 Å². The summed E-state index contributed by atoms with van der Waals surface area (Å²) in [7, 11) is 0. The minimum absolute atomic E-state index is 0.0584. The van der Waals surface area contributed by atoms with Crippen LogP contribution >= 0.6 is 0 Å². The quantitative estimate of drug-likeness (QED) is 0.401. The first-order valence-corrected chi connectivity index (χ1v) is 8.63. The zero-order valence-electron chi connectivity index (χ0n) is 14.5. The van der Waals surface area contributed by atoms with Crippen molar-refractivity contribution in [3.05, 3.63) is 76.4 Å². The van der Waals surface area contributed by atoms with Gasteiger partial charge in [-0.3, -0.25) is 29.5 Å². The molecule has 1 aliphatic carbocycles. The van der Waals surface area contributed by atoms with E-state index in [1.165, 1.54) is 6.20 Å². The van der Waals surface area contributed by atoms with E-state index in [0.29, 0.717) is 17.0 Å². The van der Waals surface area contributed by atoms with E-state index in [9.17, 15) is 9.59 Å². The monoisotopic (exact) mass is 362 g/mol. The number of carbonyl (C=O) groups excluding carboxylic acids is 1. The molecule has 0 bridgehead atoms. The van der Waals surface area contributed by atoms with Crippen LogP contribution in [0.3, 0.4) is 0 Å². The minimum atomic E-state index is -0.412. The fraction of sp³-hybridized carbons (Fsp3) is 0.211. The molecular weight excluding hydrogens is 344 g/mol. The summed E-state index contributed by atoms with van der Waals surface area (Å²) < 4.78 is 1.55. The summed E-state index contributed by atoms with van der Waals surface area (Å²) >= 11 is 0. The number of rotatable bonds is 5. The van der Waals surface area contributed by atoms with E-state index in [4.69, 9.17) is 5.84 Å². The summed E-state index contributed by atoms with van der Waals surface area (Å²) in [6.45, 7) is 0.281. The van der Waals surface area contributed by atoms with Crippen LogP contribution < -0.4 is 16.8 Å². The second-order valence-electron chi connectivity index (χ2n) is 6.47. The molecule has 3 heterocycles. The van der Waals surface area contributed by atoms with E-state index < -0.39 is 5.91 Å². The molecule has 8 heteroatoms. The number of amides is 1. The highest BCUT2D eigenvalue weighted by atomic mass is 16.2. The van der Waals surface area contributed by atoms with Gasteiger partial charge >= 0.3 is 0 Å². The van der Waals surface area contributed by atoms with Crippen LogP contribution in [0.1, 0.15) is 40.4 Å². The Morgan fingerprint density at radius 1 is 1.22 bits per heavy atom. The van der Waals surface area contributed by atoms with Crippen molar-refractivity contribution in [2.45, 2.75) is 25.3 Å². The van der Waals surface area contributed by atoms with Gasteiger partial charge < -0.3 is 0 Å². The summed E-state index contributed by atoms with van der Waals surface area (Å²) in [5.74, 6) is 4.95. The zero-order valence-corrected chi connectivity index (χ0v) is 14.5. The number of hydrazine groups is 1. The molecule has 136 valence electrons. The summed E-state index contributed by atoms with van der Waals surface area (Å²) in [6.07, 6.45) is 8.38. The van der Waals surface area contributed by atoms with Crippen LogP contribution in [-0.4, -0.2) is 25.4 Å². The standard InChI is InChI=1S/C19H18N6O2/c20-24-18(26)14-5-6-15(22-9-14)10-25-11-23-17(13-2-1-7-21-8-13)16(19(25)27)12-3-4-12/h1-2,5-9,11-12H,3-4,10,20H2,(H,24,26). The number of nitrogen functional groups attached to an aromatic ring is 1. The molecule has 0 atom stereocenters. The molecular formula is C19H18N6O2. The van der Waals surface area contributed by atoms with Gasteiger partial charge in [-0.1, -0.05) is 0 Å². The van der Waals surface area contributed by atoms with Gasteiger partial charge in [0.25, 0.3) is 11.5 Å². The Morgan fingerprint density at radius 3 is 2.70 bits per heavy atom. The highest BCUT2D eigenvalue weighted by Gasteiger charge is 2.31. The Morgan fingerprint density at radius 2 is 2.07 bits per heavy atom. The molecule has 3 N–H and O–H groups in total. The lowest BCUT2D eigenvalue weighted by atomic mass is 10.1. The third-order valence-electron chi connectivity index (χ3n) is 4.54. The molecule has 1 aliphatic rings. The van der Waals surface area contributed by atoms with Crippen molar-refractivity contribution in [2.24, 2.45) is 5.84 Å². The summed E-state index contributed by atoms with van der Waals surface area (Å²) in [5.41, 5.74) is 5.31. The number of nitrogens with one attached hydrogen (secondary N) is 1. The normalized spacial score (nSPS) is 13.4. The molecule has 1 saturated carbocycles. The lowest BCUT2D eigenvalue weighted by Crippen LogP contribution is -2.30. The van der Waals surface area contributed by atoms with E-state index >= 15 is 0 Å². The van der Waals surface area contributed by atoms with Crippen LogP contribution in [-0.2, 0) is 6.54 Å². The largest absolute Gasteiger partial charge is 0.293 e. The number of hydrogen-bond donors (Lipinski definition) is 2. The molecule has 0 aliphatic heterocycles. The second-order valence-corrected chi connectivity index (χ2v) is 6.47. The van der Waals surface area contributed by atoms with Crippen LogP contribution in [0.4, 0.5) is 0 Å². The molecule has 3 aromatic rings. The van der Waals surface area contributed by atoms with Crippen LogP contribution in [0.2, 0.25) is 0 Å². The van der Waals surface area contributed by atoms with E-state index in [1.807, 2.05) is 12.1 Å². The van der Waals surface area contributed by atoms with Gasteiger partial charge in [-0.2, -0.15) is 0 Å². The number of aromatic nitrogens is 4. The van der Waals surface area contributed by atoms with Crippen molar-refractivity contribution >= 4 is 5.91 Å². The number of hydrogen-bond acceptors (Lipinski definition) is 6. The first-order valence-electron chi connectivity index (χ1n) is 8.63. The van der Waals surface area contributed by atoms with Gasteiger partial charge in [-0.05, 0) is 43.0 Å². The van der Waals surface area contributed by atoms with Crippen LogP contribution in [0.5, 0.6) is 0 Å². The summed E-state index contributed by atoms with van der Waals surface area (Å²) in [6, 6.07) is 7.06. The Kier molecular flexibility index (Phi) is 4.47. The number of pyridine rings is 2. The molecule has 8 nitrogen and oxygen atoms in total. The molecule has 4 rings (SSSR count). The molecule has 0 aromatic carbocycles. The average molecular weight is 362 g/mol. The van der Waals surface area contributed by atoms with Gasteiger partial charge in [-0.15, -0.1) is 0 Å². The maximum absolute atomic E-state index is 13.1. The lowest BCUT2D eigenvalue weighted by Gasteiger charge is -2.11. The highest BCUT2D eigenvalue weighted by molar-refractivity contribution is 5.93. The maximum Gasteiger partial charge on any atom is 0.266 e. The number of nitrogens with zero attached hydrogens (tertiary/aromatic N) is 4. The smallest absolute Gasteiger partial charge is 0.266 e. The molecule has 27 heavy (non-hydrogen) atoms. The minimum Gasteiger partial charge on any atom is -0.293 e. The summed E-state index contributed by atoms with van der Waals surface area (Å²) in [5, 5.41) is 0. The molecule has 0 spiro atoms. The van der Waals surface area contributed by atoms with Gasteiger partial charge in [0, 0.05) is 29.7 Å². The predicted molar refractivity (Wildman–Crippen MR) is 98.7 cm³/mol. The summed E-state index contributed by atoms with van der Waals surface area (Å²) in [4.78, 5) is 37.5. The van der Waals surface area contributed by atoms with Gasteiger partial charge in [0.2, 0.25) is 0 Å². The van der Waals surface area contributed by atoms with E-state index in [0.717, 1.165) is 24.0 Å². The van der Waals surface area contributed by atoms with E-state index in [1.54, 1.807) is 35.4 Å². The van der Waals surface area contributed by atoms with Crippen molar-refractivity contribution in [2.75, 3.05) is 0 Å². The maximum atomic E-state index is 13.1. The molecule has 0 saturated heterocycles. The fourth-order valence-corrected chi connectivity index (χ4v) is 3.00. The predicted octanol–water partition coefficient (Wildman–Crippen LogP) is 1.23. The van der Waals surface area contributed by atoms with Crippen molar-refractivity contribution in [3.8, 4) is 11.3 Å². The van der Waals surface area contributed by atoms with Gasteiger partial charge in [-0.25, -0.2) is 10.8 Å². The topological polar surface area (TPSA) is 116 Å². The average Bonchev–Trinajstić information content (AvgIpc) is 3.55. The van der Waals surface area contributed by atoms with Crippen LogP contribution in [0, 0.1) is 0 Å². The van der Waals surface area contributed by atoms with Crippen molar-refractivity contribution in [1.29, 1.82) is 0 Å². The van der Waals surface area contributed by atoms with Crippen molar-refractivity contribution < 1.29 is 4.79 Å². The Hall–Kier alpha value is -3.39. The third kappa shape index (κ3) is 3.47. The van der Waals surface area contributed by atoms with Crippen molar-refractivity contribution in [3.63, 3.8) is 0 Å². The van der Waals surface area contributed by atoms with Gasteiger partial charge in [0.1, 0.15) is 0 Å². The Balaban J connectivity index is 1.67. The first-order chi connectivity index (χ1) is 13.2. The molecule has 0 unspecified atom stereocenters. The molecule has 0 radical (unpaired) electrons. The van der Waals surface area contributed by atoms with Gasteiger partial charge in [0.15, 0.2) is 0 Å². The lowest BCUT2D eigenvalue weighted by molar-refractivity contribution is 0.0953. The van der Waals surface area contributed by atoms with Crippen LogP contribution in [0.25, 0.3) is 11.3 Å². The zero-order chi connectivity index (χ0) is 18.8.